The largest absolute Gasteiger partial charge is 0.382 e. The number of unbranched alkanes of at least 4 members (excludes halogenated alkanes) is 1. The summed E-state index contributed by atoms with van der Waals surface area (Å²) in [7, 11) is 1.69. The van der Waals surface area contributed by atoms with Gasteiger partial charge in [0.15, 0.2) is 0 Å². The Morgan fingerprint density at radius 2 is 2.25 bits per heavy atom. The summed E-state index contributed by atoms with van der Waals surface area (Å²) in [5.41, 5.74) is 1.86. The third kappa shape index (κ3) is 6.90. The van der Waals surface area contributed by atoms with Gasteiger partial charge in [-0.3, -0.25) is 4.98 Å². The molecule has 1 aromatic heterocycles. The summed E-state index contributed by atoms with van der Waals surface area (Å²) in [6.07, 6.45) is 4.15. The van der Waals surface area contributed by atoms with E-state index in [0.29, 0.717) is 13.2 Å². The number of hydrogen-bond donors (Lipinski definition) is 1. The molecule has 0 radical (unpaired) electrons. The van der Waals surface area contributed by atoms with Gasteiger partial charge in [0.25, 0.3) is 0 Å². The van der Waals surface area contributed by atoms with E-state index in [0.717, 1.165) is 32.5 Å². The molecule has 0 bridgehead atoms. The minimum absolute atomic E-state index is 0.684. The lowest BCUT2D eigenvalue weighted by Crippen LogP contribution is -2.14. The fourth-order valence-electron chi connectivity index (χ4n) is 1.24. The molecular weight excluding hydrogens is 224 g/mol. The lowest BCUT2D eigenvalue weighted by Gasteiger charge is -2.04. The zero-order valence-corrected chi connectivity index (χ0v) is 10.6. The maximum Gasteiger partial charge on any atom is 0.0794 e. The number of nitrogens with one attached hydrogen (secondary N) is 1. The Balaban J connectivity index is 1.78. The van der Waals surface area contributed by atoms with Gasteiger partial charge in [0.1, 0.15) is 0 Å². The molecule has 0 aliphatic heterocycles. The van der Waals surface area contributed by atoms with Gasteiger partial charge in [0, 0.05) is 31.3 Å². The molecule has 92 valence electrons. The third-order valence-electron chi connectivity index (χ3n) is 2.11. The monoisotopic (exact) mass is 244 g/mol. The molecule has 1 heterocycles. The standard InChI is InChI=1S/C11H20N2O2S/c1-14-6-7-15-5-3-2-4-12-8-11-9-13-10-16-11/h9-10,12H,2-8H2,1H3. The third-order valence-corrected chi connectivity index (χ3v) is 2.89. The quantitative estimate of drug-likeness (QED) is 0.636. The summed E-state index contributed by atoms with van der Waals surface area (Å²) >= 11 is 1.69. The zero-order chi connectivity index (χ0) is 11.5. The van der Waals surface area contributed by atoms with Gasteiger partial charge in [-0.15, -0.1) is 11.3 Å². The van der Waals surface area contributed by atoms with Crippen molar-refractivity contribution in [3.63, 3.8) is 0 Å². The first-order valence-electron chi connectivity index (χ1n) is 5.58. The highest BCUT2D eigenvalue weighted by molar-refractivity contribution is 7.09. The molecule has 0 atom stereocenters. The Morgan fingerprint density at radius 3 is 3.00 bits per heavy atom. The van der Waals surface area contributed by atoms with Crippen LogP contribution in [0.15, 0.2) is 11.7 Å². The summed E-state index contributed by atoms with van der Waals surface area (Å²) in [5.74, 6) is 0. The normalized spacial score (nSPS) is 10.8. The fourth-order valence-corrected chi connectivity index (χ4v) is 1.80. The molecule has 0 unspecified atom stereocenters. The average molecular weight is 244 g/mol. The van der Waals surface area contributed by atoms with E-state index < -0.39 is 0 Å². The topological polar surface area (TPSA) is 43.4 Å². The van der Waals surface area contributed by atoms with Crippen LogP contribution in [0.1, 0.15) is 17.7 Å². The first kappa shape index (κ1) is 13.6. The molecule has 0 saturated heterocycles. The number of rotatable bonds is 10. The highest BCUT2D eigenvalue weighted by Crippen LogP contribution is 2.03. The number of nitrogens with zero attached hydrogens (tertiary/aromatic N) is 1. The van der Waals surface area contributed by atoms with Gasteiger partial charge in [0.05, 0.1) is 18.7 Å². The number of hydrogen-bond acceptors (Lipinski definition) is 5. The van der Waals surface area contributed by atoms with Gasteiger partial charge in [0.2, 0.25) is 0 Å². The van der Waals surface area contributed by atoms with Crippen LogP contribution in [-0.4, -0.2) is 38.5 Å². The highest BCUT2D eigenvalue weighted by Gasteiger charge is 1.94. The lowest BCUT2D eigenvalue weighted by atomic mass is 10.3. The summed E-state index contributed by atoms with van der Waals surface area (Å²) in [4.78, 5) is 5.31. The van der Waals surface area contributed by atoms with Crippen molar-refractivity contribution in [2.45, 2.75) is 19.4 Å². The second-order valence-corrected chi connectivity index (χ2v) is 4.43. The second kappa shape index (κ2) is 9.72. The first-order valence-corrected chi connectivity index (χ1v) is 6.46. The van der Waals surface area contributed by atoms with Crippen LogP contribution >= 0.6 is 11.3 Å². The number of aromatic nitrogens is 1. The zero-order valence-electron chi connectivity index (χ0n) is 9.78. The van der Waals surface area contributed by atoms with Crippen molar-refractivity contribution >= 4 is 11.3 Å². The van der Waals surface area contributed by atoms with E-state index >= 15 is 0 Å². The maximum atomic E-state index is 5.37. The van der Waals surface area contributed by atoms with Crippen molar-refractivity contribution in [2.24, 2.45) is 0 Å². The summed E-state index contributed by atoms with van der Waals surface area (Å²) in [5, 5.41) is 3.38. The Kier molecular flexibility index (Phi) is 8.24. The molecule has 1 rings (SSSR count). The molecule has 0 aromatic carbocycles. The highest BCUT2D eigenvalue weighted by atomic mass is 32.1. The van der Waals surface area contributed by atoms with Crippen LogP contribution in [0.5, 0.6) is 0 Å². The summed E-state index contributed by atoms with van der Waals surface area (Å²) < 4.78 is 10.3. The summed E-state index contributed by atoms with van der Waals surface area (Å²) in [6.45, 7) is 4.17. The molecule has 16 heavy (non-hydrogen) atoms. The second-order valence-electron chi connectivity index (χ2n) is 3.46. The maximum absolute atomic E-state index is 5.37. The smallest absolute Gasteiger partial charge is 0.0794 e. The molecule has 0 saturated carbocycles. The minimum Gasteiger partial charge on any atom is -0.382 e. The molecule has 0 spiro atoms. The van der Waals surface area contributed by atoms with E-state index in [2.05, 4.69) is 10.3 Å². The van der Waals surface area contributed by atoms with Gasteiger partial charge < -0.3 is 14.8 Å². The van der Waals surface area contributed by atoms with Crippen molar-refractivity contribution in [3.8, 4) is 0 Å². The summed E-state index contributed by atoms with van der Waals surface area (Å²) in [6, 6.07) is 0. The Labute approximate surface area is 101 Å². The van der Waals surface area contributed by atoms with Crippen molar-refractivity contribution < 1.29 is 9.47 Å². The first-order chi connectivity index (χ1) is 7.93. The predicted molar refractivity (Wildman–Crippen MR) is 65.7 cm³/mol. The van der Waals surface area contributed by atoms with E-state index in [-0.39, 0.29) is 0 Å². The fraction of sp³-hybridized carbons (Fsp3) is 0.727. The lowest BCUT2D eigenvalue weighted by molar-refractivity contribution is 0.0688. The van der Waals surface area contributed by atoms with Crippen molar-refractivity contribution in [2.75, 3.05) is 33.5 Å². The van der Waals surface area contributed by atoms with Gasteiger partial charge in [-0.2, -0.15) is 0 Å². The molecule has 0 aliphatic rings. The van der Waals surface area contributed by atoms with Crippen LogP contribution in [0.2, 0.25) is 0 Å². The number of thiazole rings is 1. The Hall–Kier alpha value is -0.490. The van der Waals surface area contributed by atoms with Crippen molar-refractivity contribution in [3.05, 3.63) is 16.6 Å². The molecule has 1 aromatic rings. The van der Waals surface area contributed by atoms with E-state index in [1.165, 1.54) is 4.88 Å². The van der Waals surface area contributed by atoms with Gasteiger partial charge in [-0.05, 0) is 19.4 Å². The molecule has 5 heteroatoms. The van der Waals surface area contributed by atoms with Crippen LogP contribution in [0.3, 0.4) is 0 Å². The average Bonchev–Trinajstić information content (AvgIpc) is 2.80. The molecule has 0 amide bonds. The van der Waals surface area contributed by atoms with Crippen LogP contribution in [-0.2, 0) is 16.0 Å². The van der Waals surface area contributed by atoms with Crippen LogP contribution in [0.4, 0.5) is 0 Å². The van der Waals surface area contributed by atoms with E-state index in [4.69, 9.17) is 9.47 Å². The van der Waals surface area contributed by atoms with E-state index in [1.807, 2.05) is 11.7 Å². The van der Waals surface area contributed by atoms with Crippen LogP contribution in [0.25, 0.3) is 0 Å². The number of ether oxygens (including phenoxy) is 2. The van der Waals surface area contributed by atoms with Crippen molar-refractivity contribution in [1.29, 1.82) is 0 Å². The van der Waals surface area contributed by atoms with Gasteiger partial charge >= 0.3 is 0 Å². The van der Waals surface area contributed by atoms with Gasteiger partial charge in [-0.1, -0.05) is 0 Å². The number of methoxy groups -OCH3 is 1. The van der Waals surface area contributed by atoms with E-state index in [1.54, 1.807) is 18.4 Å². The Bertz CT molecular complexity index is 242. The SMILES string of the molecule is COCCOCCCCNCc1cncs1. The molecule has 0 fully saturated rings. The van der Waals surface area contributed by atoms with Crippen LogP contribution in [0, 0.1) is 0 Å². The van der Waals surface area contributed by atoms with Gasteiger partial charge in [-0.25, -0.2) is 0 Å². The molecule has 1 N–H and O–H groups in total. The van der Waals surface area contributed by atoms with E-state index in [9.17, 15) is 0 Å². The molecular formula is C11H20N2O2S. The predicted octanol–water partition coefficient (Wildman–Crippen LogP) is 1.68. The minimum atomic E-state index is 0.684. The van der Waals surface area contributed by atoms with Crippen LogP contribution < -0.4 is 5.32 Å². The molecule has 0 aliphatic carbocycles. The van der Waals surface area contributed by atoms with Crippen molar-refractivity contribution in [1.82, 2.24) is 10.3 Å². The Morgan fingerprint density at radius 1 is 1.31 bits per heavy atom. The molecule has 4 nitrogen and oxygen atoms in total.